The van der Waals surface area contributed by atoms with Crippen molar-refractivity contribution >= 4 is 17.8 Å². The minimum absolute atomic E-state index is 0.0299. The quantitative estimate of drug-likeness (QED) is 0.852. The molecule has 1 saturated heterocycles. The zero-order chi connectivity index (χ0) is 17.8. The number of carbonyl (C=O) groups is 3. The molecule has 25 heavy (non-hydrogen) atoms. The van der Waals surface area contributed by atoms with Gasteiger partial charge in [-0.05, 0) is 43.7 Å². The van der Waals surface area contributed by atoms with Crippen LogP contribution >= 0.6 is 0 Å². The van der Waals surface area contributed by atoms with Crippen LogP contribution in [0.1, 0.15) is 36.0 Å². The summed E-state index contributed by atoms with van der Waals surface area (Å²) in [6.07, 6.45) is 3.12. The van der Waals surface area contributed by atoms with Gasteiger partial charge in [0, 0.05) is 25.2 Å². The van der Waals surface area contributed by atoms with Crippen LogP contribution in [0.5, 0.6) is 0 Å². The molecule has 3 rings (SSSR count). The van der Waals surface area contributed by atoms with Gasteiger partial charge in [0.05, 0.1) is 11.8 Å². The Morgan fingerprint density at radius 2 is 1.80 bits per heavy atom. The molecule has 0 spiro atoms. The summed E-state index contributed by atoms with van der Waals surface area (Å²) >= 11 is 0. The van der Waals surface area contributed by atoms with Crippen LogP contribution in [-0.2, 0) is 9.59 Å². The second-order valence-electron chi connectivity index (χ2n) is 7.00. The van der Waals surface area contributed by atoms with E-state index in [0.717, 1.165) is 12.8 Å². The van der Waals surface area contributed by atoms with Crippen LogP contribution < -0.4 is 5.32 Å². The van der Waals surface area contributed by atoms with E-state index >= 15 is 0 Å². The minimum atomic E-state index is -0.867. The van der Waals surface area contributed by atoms with Gasteiger partial charge >= 0.3 is 5.97 Å². The van der Waals surface area contributed by atoms with E-state index in [-0.39, 0.29) is 23.7 Å². The lowest BCUT2D eigenvalue weighted by Gasteiger charge is -2.39. The van der Waals surface area contributed by atoms with Crippen molar-refractivity contribution in [2.45, 2.75) is 25.7 Å². The van der Waals surface area contributed by atoms with Gasteiger partial charge in [-0.25, -0.2) is 0 Å². The molecule has 1 aromatic carbocycles. The molecule has 1 aliphatic heterocycles. The molecule has 2 fully saturated rings. The molecule has 1 aromatic rings. The van der Waals surface area contributed by atoms with Crippen molar-refractivity contribution in [3.8, 4) is 0 Å². The number of amides is 2. The number of likely N-dealkylation sites (tertiary alicyclic amines) is 1. The second-order valence-corrected chi connectivity index (χ2v) is 7.00. The number of nitrogens with zero attached hydrogens (tertiary/aromatic N) is 1. The van der Waals surface area contributed by atoms with Crippen molar-refractivity contribution in [3.05, 3.63) is 35.9 Å². The third-order valence-corrected chi connectivity index (χ3v) is 5.33. The first kappa shape index (κ1) is 17.5. The van der Waals surface area contributed by atoms with Crippen molar-refractivity contribution in [2.75, 3.05) is 19.6 Å². The van der Waals surface area contributed by atoms with E-state index in [9.17, 15) is 14.4 Å². The predicted molar refractivity (Wildman–Crippen MR) is 91.9 cm³/mol. The average molecular weight is 344 g/mol. The van der Waals surface area contributed by atoms with Crippen LogP contribution in [0, 0.1) is 17.8 Å². The lowest BCUT2D eigenvalue weighted by molar-refractivity contribution is -0.157. The maximum atomic E-state index is 12.6. The Bertz CT molecular complexity index is 646. The standard InChI is InChI=1S/C19H24N2O4/c22-17(14-6-2-1-3-7-14)20-11-13-5-4-10-21(12-13)18(23)15-8-9-16(15)19(24)25/h1-3,6-7,13,15-16H,4-5,8-12H2,(H,20,22)(H,24,25). The highest BCUT2D eigenvalue weighted by atomic mass is 16.4. The Labute approximate surface area is 147 Å². The van der Waals surface area contributed by atoms with Crippen LogP contribution in [0.3, 0.4) is 0 Å². The Morgan fingerprint density at radius 3 is 2.44 bits per heavy atom. The summed E-state index contributed by atoms with van der Waals surface area (Å²) in [5.41, 5.74) is 0.630. The van der Waals surface area contributed by atoms with Crippen LogP contribution in [-0.4, -0.2) is 47.4 Å². The summed E-state index contributed by atoms with van der Waals surface area (Å²) in [6, 6.07) is 9.07. The minimum Gasteiger partial charge on any atom is -0.481 e. The number of aliphatic carboxylic acids is 1. The van der Waals surface area contributed by atoms with E-state index in [4.69, 9.17) is 5.11 Å². The second kappa shape index (κ2) is 7.68. The number of carboxylic acids is 1. The summed E-state index contributed by atoms with van der Waals surface area (Å²) < 4.78 is 0. The lowest BCUT2D eigenvalue weighted by Crippen LogP contribution is -2.50. The molecule has 2 aliphatic rings. The number of hydrogen-bond donors (Lipinski definition) is 2. The SMILES string of the molecule is O=C(NCC1CCCN(C(=O)C2CCC2C(=O)O)C1)c1ccccc1. The fraction of sp³-hybridized carbons (Fsp3) is 0.526. The normalized spacial score (nSPS) is 25.8. The molecular weight excluding hydrogens is 320 g/mol. The van der Waals surface area contributed by atoms with Gasteiger partial charge in [0.1, 0.15) is 0 Å². The Hall–Kier alpha value is -2.37. The Morgan fingerprint density at radius 1 is 1.08 bits per heavy atom. The maximum absolute atomic E-state index is 12.6. The monoisotopic (exact) mass is 344 g/mol. The predicted octanol–water partition coefficient (Wildman–Crippen LogP) is 1.77. The van der Waals surface area contributed by atoms with Crippen molar-refractivity contribution in [1.29, 1.82) is 0 Å². The van der Waals surface area contributed by atoms with E-state index in [1.165, 1.54) is 0 Å². The van der Waals surface area contributed by atoms with Crippen LogP contribution in [0.4, 0.5) is 0 Å². The van der Waals surface area contributed by atoms with E-state index in [0.29, 0.717) is 38.0 Å². The Kier molecular flexibility index (Phi) is 5.36. The molecule has 0 radical (unpaired) electrons. The van der Waals surface area contributed by atoms with Crippen molar-refractivity contribution in [2.24, 2.45) is 17.8 Å². The number of carboxylic acid groups (broad SMARTS) is 1. The third-order valence-electron chi connectivity index (χ3n) is 5.33. The zero-order valence-electron chi connectivity index (χ0n) is 14.2. The lowest BCUT2D eigenvalue weighted by atomic mass is 9.72. The number of hydrogen-bond acceptors (Lipinski definition) is 3. The molecule has 3 unspecified atom stereocenters. The first-order chi connectivity index (χ1) is 12.1. The van der Waals surface area contributed by atoms with Crippen LogP contribution in [0.15, 0.2) is 30.3 Å². The topological polar surface area (TPSA) is 86.7 Å². The molecule has 134 valence electrons. The third kappa shape index (κ3) is 4.00. The molecule has 6 heteroatoms. The average Bonchev–Trinajstić information content (AvgIpc) is 2.59. The highest BCUT2D eigenvalue weighted by Crippen LogP contribution is 2.36. The van der Waals surface area contributed by atoms with Crippen molar-refractivity contribution in [3.63, 3.8) is 0 Å². The molecular formula is C19H24N2O4. The molecule has 1 heterocycles. The van der Waals surface area contributed by atoms with Gasteiger partial charge in [0.2, 0.25) is 5.91 Å². The first-order valence-corrected chi connectivity index (χ1v) is 8.91. The van der Waals surface area contributed by atoms with Crippen molar-refractivity contribution < 1.29 is 19.5 Å². The molecule has 2 amide bonds. The van der Waals surface area contributed by atoms with Gasteiger partial charge in [0.15, 0.2) is 0 Å². The van der Waals surface area contributed by atoms with Gasteiger partial charge < -0.3 is 15.3 Å². The number of piperidine rings is 1. The summed E-state index contributed by atoms with van der Waals surface area (Å²) in [4.78, 5) is 37.6. The summed E-state index contributed by atoms with van der Waals surface area (Å²) in [6.45, 7) is 1.81. The van der Waals surface area contributed by atoms with Gasteiger partial charge in [-0.1, -0.05) is 18.2 Å². The van der Waals surface area contributed by atoms with Crippen LogP contribution in [0.25, 0.3) is 0 Å². The number of nitrogens with one attached hydrogen (secondary N) is 1. The van der Waals surface area contributed by atoms with Crippen LogP contribution in [0.2, 0.25) is 0 Å². The smallest absolute Gasteiger partial charge is 0.307 e. The number of benzene rings is 1. The summed E-state index contributed by atoms with van der Waals surface area (Å²) in [5.74, 6) is -1.67. The molecule has 2 N–H and O–H groups in total. The summed E-state index contributed by atoms with van der Waals surface area (Å²) in [7, 11) is 0. The molecule has 3 atom stereocenters. The first-order valence-electron chi connectivity index (χ1n) is 8.91. The van der Waals surface area contributed by atoms with E-state index in [2.05, 4.69) is 5.32 Å². The van der Waals surface area contributed by atoms with E-state index < -0.39 is 11.9 Å². The number of rotatable bonds is 5. The fourth-order valence-corrected chi connectivity index (χ4v) is 3.69. The van der Waals surface area contributed by atoms with Gasteiger partial charge in [-0.2, -0.15) is 0 Å². The molecule has 6 nitrogen and oxygen atoms in total. The number of carbonyl (C=O) groups excluding carboxylic acids is 2. The molecule has 0 bridgehead atoms. The zero-order valence-corrected chi connectivity index (χ0v) is 14.2. The highest BCUT2D eigenvalue weighted by molar-refractivity contribution is 5.94. The summed E-state index contributed by atoms with van der Waals surface area (Å²) in [5, 5.41) is 12.1. The molecule has 1 saturated carbocycles. The molecule has 1 aliphatic carbocycles. The fourth-order valence-electron chi connectivity index (χ4n) is 3.69. The van der Waals surface area contributed by atoms with Gasteiger partial charge in [-0.15, -0.1) is 0 Å². The molecule has 0 aromatic heterocycles. The van der Waals surface area contributed by atoms with Gasteiger partial charge in [0.25, 0.3) is 5.91 Å². The van der Waals surface area contributed by atoms with Crippen molar-refractivity contribution in [1.82, 2.24) is 10.2 Å². The Balaban J connectivity index is 1.50. The highest BCUT2D eigenvalue weighted by Gasteiger charge is 2.43. The van der Waals surface area contributed by atoms with E-state index in [1.807, 2.05) is 18.2 Å². The van der Waals surface area contributed by atoms with Gasteiger partial charge in [-0.3, -0.25) is 14.4 Å². The van der Waals surface area contributed by atoms with E-state index in [1.54, 1.807) is 17.0 Å². The maximum Gasteiger partial charge on any atom is 0.307 e. The largest absolute Gasteiger partial charge is 0.481 e.